The lowest BCUT2D eigenvalue weighted by molar-refractivity contribution is -0.182. The van der Waals surface area contributed by atoms with Crippen LogP contribution in [0.15, 0.2) is 35.2 Å². The minimum atomic E-state index is -4.37. The summed E-state index contributed by atoms with van der Waals surface area (Å²) in [6.07, 6.45) is 0. The first-order chi connectivity index (χ1) is 8.82. The summed E-state index contributed by atoms with van der Waals surface area (Å²) in [5, 5.41) is 18.5. The molecule has 0 unspecified atom stereocenters. The minimum Gasteiger partial charge on any atom is -0.507 e. The van der Waals surface area contributed by atoms with E-state index in [1.807, 2.05) is 0 Å². The van der Waals surface area contributed by atoms with E-state index in [4.69, 9.17) is 9.81 Å². The average Bonchev–Trinajstić information content (AvgIpc) is 2.35. The van der Waals surface area contributed by atoms with Gasteiger partial charge in [-0.05, 0) is 35.0 Å². The van der Waals surface area contributed by atoms with E-state index in [1.54, 1.807) is 0 Å². The molecule has 0 bridgehead atoms. The molecule has 0 heterocycles. The number of hydrogen-bond donors (Lipinski definition) is 3. The van der Waals surface area contributed by atoms with Crippen molar-refractivity contribution in [3.8, 4) is 5.75 Å². The van der Waals surface area contributed by atoms with Crippen molar-refractivity contribution in [1.29, 1.82) is 0 Å². The van der Waals surface area contributed by atoms with E-state index in [-0.39, 0.29) is 15.8 Å². The Morgan fingerprint density at radius 3 is 2.37 bits per heavy atom. The molecule has 2 rings (SSSR count). The summed E-state index contributed by atoms with van der Waals surface area (Å²) < 4.78 is 30.9. The van der Waals surface area contributed by atoms with Gasteiger partial charge in [-0.3, -0.25) is 9.44 Å². The highest BCUT2D eigenvalue weighted by molar-refractivity contribution is 7.85. The van der Waals surface area contributed by atoms with E-state index in [0.29, 0.717) is 5.39 Å². The molecule has 8 heteroatoms. The summed E-state index contributed by atoms with van der Waals surface area (Å²) in [6.45, 7) is 0. The third-order valence-corrected chi connectivity index (χ3v) is 3.38. The number of carbonyl (C=O) groups is 1. The monoisotopic (exact) mass is 284 g/mol. The number of rotatable bonds is 2. The topological polar surface area (TPSA) is 121 Å². The first-order valence-electron chi connectivity index (χ1n) is 4.93. The summed E-state index contributed by atoms with van der Waals surface area (Å²) in [5.74, 6) is -1.61. The van der Waals surface area contributed by atoms with Crippen LogP contribution in [0.25, 0.3) is 10.8 Å². The molecule has 3 N–H and O–H groups in total. The van der Waals surface area contributed by atoms with Crippen molar-refractivity contribution in [2.45, 2.75) is 4.90 Å². The second-order valence-corrected chi connectivity index (χ2v) is 5.15. The Balaban J connectivity index is 2.72. The fourth-order valence-electron chi connectivity index (χ4n) is 1.64. The fourth-order valence-corrected chi connectivity index (χ4v) is 2.15. The summed E-state index contributed by atoms with van der Waals surface area (Å²) in [6, 6.07) is 5.97. The average molecular weight is 284 g/mol. The number of phenols is 1. The van der Waals surface area contributed by atoms with Gasteiger partial charge in [0.1, 0.15) is 11.3 Å². The Morgan fingerprint density at radius 2 is 1.79 bits per heavy atom. The Hall–Kier alpha value is -2.16. The smallest absolute Gasteiger partial charge is 0.376 e. The molecule has 0 aliphatic rings. The molecule has 0 saturated carbocycles. The number of phenolic OH excluding ortho intramolecular Hbond substituents is 1. The number of aromatic hydroxyl groups is 1. The highest BCUT2D eigenvalue weighted by atomic mass is 32.2. The summed E-state index contributed by atoms with van der Waals surface area (Å²) in [7, 11) is -4.37. The van der Waals surface area contributed by atoms with Crippen LogP contribution >= 0.6 is 0 Å². The lowest BCUT2D eigenvalue weighted by Gasteiger charge is -2.05. The first kappa shape index (κ1) is 13.3. The van der Waals surface area contributed by atoms with Gasteiger partial charge in [0.05, 0.1) is 4.90 Å². The predicted molar refractivity (Wildman–Crippen MR) is 63.5 cm³/mol. The molecule has 0 radical (unpaired) electrons. The van der Waals surface area contributed by atoms with Crippen LogP contribution in [0.2, 0.25) is 0 Å². The zero-order valence-corrected chi connectivity index (χ0v) is 10.1. The molecule has 0 aliphatic carbocycles. The minimum absolute atomic E-state index is 0.272. The van der Waals surface area contributed by atoms with Gasteiger partial charge in [-0.1, -0.05) is 6.07 Å². The Kier molecular flexibility index (Phi) is 3.14. The summed E-state index contributed by atoms with van der Waals surface area (Å²) >= 11 is 0. The zero-order chi connectivity index (χ0) is 14.2. The predicted octanol–water partition coefficient (Wildman–Crippen LogP) is 1.42. The highest BCUT2D eigenvalue weighted by Crippen LogP contribution is 2.27. The SMILES string of the molecule is O=C(OO)c1cc2cc(S(=O)(=O)O)ccc2cc1O. The van der Waals surface area contributed by atoms with Crippen LogP contribution in [-0.2, 0) is 15.0 Å². The van der Waals surface area contributed by atoms with Crippen LogP contribution in [-0.4, -0.2) is 29.3 Å². The fraction of sp³-hybridized carbons (Fsp3) is 0. The summed E-state index contributed by atoms with van der Waals surface area (Å²) in [5.41, 5.74) is -0.331. The van der Waals surface area contributed by atoms with Gasteiger partial charge >= 0.3 is 5.97 Å². The molecule has 0 saturated heterocycles. The molecular formula is C11H8O7S. The van der Waals surface area contributed by atoms with Gasteiger partial charge in [-0.25, -0.2) is 4.79 Å². The number of carbonyl (C=O) groups excluding carboxylic acids is 1. The van der Waals surface area contributed by atoms with Crippen LogP contribution in [0.4, 0.5) is 0 Å². The third kappa shape index (κ3) is 2.50. The number of hydrogen-bond acceptors (Lipinski definition) is 6. The van der Waals surface area contributed by atoms with Crippen molar-refractivity contribution in [1.82, 2.24) is 0 Å². The van der Waals surface area contributed by atoms with Crippen molar-refractivity contribution in [2.24, 2.45) is 0 Å². The number of fused-ring (bicyclic) bond motifs is 1. The number of benzene rings is 2. The van der Waals surface area contributed by atoms with Crippen molar-refractivity contribution in [3.63, 3.8) is 0 Å². The van der Waals surface area contributed by atoms with Crippen LogP contribution in [0.3, 0.4) is 0 Å². The van der Waals surface area contributed by atoms with E-state index < -0.39 is 21.8 Å². The molecule has 0 fully saturated rings. The van der Waals surface area contributed by atoms with E-state index in [0.717, 1.165) is 18.2 Å². The molecule has 2 aromatic rings. The Morgan fingerprint density at radius 1 is 1.11 bits per heavy atom. The molecule has 0 amide bonds. The maximum atomic E-state index is 11.2. The molecule has 0 atom stereocenters. The lowest BCUT2D eigenvalue weighted by Crippen LogP contribution is -2.02. The zero-order valence-electron chi connectivity index (χ0n) is 9.27. The molecule has 0 spiro atoms. The maximum absolute atomic E-state index is 11.2. The van der Waals surface area contributed by atoms with Gasteiger partial charge in [-0.15, -0.1) is 0 Å². The van der Waals surface area contributed by atoms with Gasteiger partial charge in [0.2, 0.25) is 0 Å². The van der Waals surface area contributed by atoms with Crippen LogP contribution in [0.1, 0.15) is 10.4 Å². The van der Waals surface area contributed by atoms with Gasteiger partial charge in [0.15, 0.2) is 0 Å². The van der Waals surface area contributed by atoms with E-state index in [2.05, 4.69) is 4.89 Å². The Bertz CT molecular complexity index is 764. The molecule has 100 valence electrons. The Labute approximate surface area is 107 Å². The van der Waals surface area contributed by atoms with E-state index >= 15 is 0 Å². The molecule has 7 nitrogen and oxygen atoms in total. The molecular weight excluding hydrogens is 276 g/mol. The molecule has 2 aromatic carbocycles. The highest BCUT2D eigenvalue weighted by Gasteiger charge is 2.16. The second-order valence-electron chi connectivity index (χ2n) is 3.73. The lowest BCUT2D eigenvalue weighted by atomic mass is 10.1. The van der Waals surface area contributed by atoms with Gasteiger partial charge in [0.25, 0.3) is 10.1 Å². The van der Waals surface area contributed by atoms with Crippen LogP contribution in [0, 0.1) is 0 Å². The molecule has 19 heavy (non-hydrogen) atoms. The first-order valence-corrected chi connectivity index (χ1v) is 6.37. The third-order valence-electron chi connectivity index (χ3n) is 2.53. The van der Waals surface area contributed by atoms with Gasteiger partial charge < -0.3 is 5.11 Å². The van der Waals surface area contributed by atoms with E-state index in [1.165, 1.54) is 12.1 Å². The normalized spacial score (nSPS) is 11.5. The van der Waals surface area contributed by atoms with Crippen molar-refractivity contribution < 1.29 is 33.0 Å². The second kappa shape index (κ2) is 4.50. The van der Waals surface area contributed by atoms with Crippen LogP contribution < -0.4 is 0 Å². The van der Waals surface area contributed by atoms with Crippen molar-refractivity contribution in [2.75, 3.05) is 0 Å². The van der Waals surface area contributed by atoms with Gasteiger partial charge in [-0.2, -0.15) is 13.7 Å². The largest absolute Gasteiger partial charge is 0.507 e. The van der Waals surface area contributed by atoms with Gasteiger partial charge in [0, 0.05) is 0 Å². The summed E-state index contributed by atoms with van der Waals surface area (Å²) in [4.78, 5) is 14.3. The van der Waals surface area contributed by atoms with Crippen molar-refractivity contribution >= 4 is 26.9 Å². The van der Waals surface area contributed by atoms with Crippen molar-refractivity contribution in [3.05, 3.63) is 35.9 Å². The molecule has 0 aromatic heterocycles. The van der Waals surface area contributed by atoms with E-state index in [9.17, 15) is 18.3 Å². The molecule has 0 aliphatic heterocycles. The quantitative estimate of drug-likeness (QED) is 0.433. The standard InChI is InChI=1S/C11H8O7S/c12-10-5-6-1-2-8(19(15,16)17)3-7(6)4-9(10)11(13)18-14/h1-5,12,14H,(H,15,16,17). The van der Waals surface area contributed by atoms with Crippen LogP contribution in [0.5, 0.6) is 5.75 Å². The maximum Gasteiger partial charge on any atom is 0.376 e.